The van der Waals surface area contributed by atoms with Gasteiger partial charge in [0.2, 0.25) is 10.0 Å². The Morgan fingerprint density at radius 2 is 1.95 bits per heavy atom. The molecule has 0 saturated carbocycles. The van der Waals surface area contributed by atoms with Gasteiger partial charge in [-0.3, -0.25) is 9.52 Å². The standard InChI is InChI=1S/C13H20N2O3S/c1-9(2)8-14-13(16)11-6-5-7-12(10(11)3)15-19(4,17)18/h5-7,9,15H,8H2,1-4H3,(H,14,16). The number of benzene rings is 1. The lowest BCUT2D eigenvalue weighted by atomic mass is 10.1. The van der Waals surface area contributed by atoms with Crippen LogP contribution in [0.5, 0.6) is 0 Å². The summed E-state index contributed by atoms with van der Waals surface area (Å²) in [5.41, 5.74) is 1.53. The Morgan fingerprint density at radius 3 is 2.47 bits per heavy atom. The predicted octanol–water partition coefficient (Wildman–Crippen LogP) is 1.75. The Bertz CT molecular complexity index is 565. The zero-order valence-electron chi connectivity index (χ0n) is 11.6. The Hall–Kier alpha value is -1.56. The molecule has 2 N–H and O–H groups in total. The third kappa shape index (κ3) is 4.90. The molecule has 0 saturated heterocycles. The summed E-state index contributed by atoms with van der Waals surface area (Å²) in [4.78, 5) is 12.0. The summed E-state index contributed by atoms with van der Waals surface area (Å²) < 4.78 is 24.9. The summed E-state index contributed by atoms with van der Waals surface area (Å²) in [5.74, 6) is 0.171. The SMILES string of the molecule is Cc1c(NS(C)(=O)=O)cccc1C(=O)NCC(C)C. The summed E-state index contributed by atoms with van der Waals surface area (Å²) >= 11 is 0. The number of sulfonamides is 1. The Morgan fingerprint density at radius 1 is 1.32 bits per heavy atom. The number of rotatable bonds is 5. The quantitative estimate of drug-likeness (QED) is 0.865. The molecule has 0 fully saturated rings. The van der Waals surface area contributed by atoms with Crippen molar-refractivity contribution < 1.29 is 13.2 Å². The van der Waals surface area contributed by atoms with E-state index in [2.05, 4.69) is 10.0 Å². The molecule has 0 aliphatic rings. The topological polar surface area (TPSA) is 75.3 Å². The van der Waals surface area contributed by atoms with Crippen molar-refractivity contribution in [3.05, 3.63) is 29.3 Å². The lowest BCUT2D eigenvalue weighted by Gasteiger charge is -2.13. The highest BCUT2D eigenvalue weighted by atomic mass is 32.2. The molecule has 1 amide bonds. The van der Waals surface area contributed by atoms with Crippen LogP contribution in [0, 0.1) is 12.8 Å². The minimum atomic E-state index is -3.35. The van der Waals surface area contributed by atoms with Gasteiger partial charge in [0, 0.05) is 12.1 Å². The first kappa shape index (κ1) is 15.5. The average molecular weight is 284 g/mol. The van der Waals surface area contributed by atoms with Gasteiger partial charge < -0.3 is 5.32 Å². The van der Waals surface area contributed by atoms with Crippen molar-refractivity contribution in [1.29, 1.82) is 0 Å². The number of nitrogens with one attached hydrogen (secondary N) is 2. The molecule has 0 heterocycles. The minimum Gasteiger partial charge on any atom is -0.352 e. The molecule has 0 bridgehead atoms. The van der Waals surface area contributed by atoms with Gasteiger partial charge in [-0.25, -0.2) is 8.42 Å². The van der Waals surface area contributed by atoms with Crippen molar-refractivity contribution in [2.45, 2.75) is 20.8 Å². The van der Waals surface area contributed by atoms with E-state index in [-0.39, 0.29) is 5.91 Å². The van der Waals surface area contributed by atoms with Gasteiger partial charge in [0.1, 0.15) is 0 Å². The maximum atomic E-state index is 12.0. The van der Waals surface area contributed by atoms with Crippen molar-refractivity contribution in [3.63, 3.8) is 0 Å². The van der Waals surface area contributed by atoms with Gasteiger partial charge in [-0.1, -0.05) is 19.9 Å². The fourth-order valence-corrected chi connectivity index (χ4v) is 2.20. The Kier molecular flexibility index (Phi) is 4.94. The van der Waals surface area contributed by atoms with Gasteiger partial charge in [0.25, 0.3) is 5.91 Å². The fourth-order valence-electron chi connectivity index (χ4n) is 1.58. The van der Waals surface area contributed by atoms with E-state index in [1.807, 2.05) is 13.8 Å². The van der Waals surface area contributed by atoms with Gasteiger partial charge in [0.05, 0.1) is 11.9 Å². The smallest absolute Gasteiger partial charge is 0.251 e. The van der Waals surface area contributed by atoms with Crippen molar-refractivity contribution in [2.24, 2.45) is 5.92 Å². The number of hydrogen-bond acceptors (Lipinski definition) is 3. The Labute approximate surface area is 114 Å². The first-order valence-electron chi connectivity index (χ1n) is 6.06. The van der Waals surface area contributed by atoms with Crippen molar-refractivity contribution in [2.75, 3.05) is 17.5 Å². The molecule has 1 rings (SSSR count). The van der Waals surface area contributed by atoms with Crippen LogP contribution in [0.2, 0.25) is 0 Å². The number of carbonyl (C=O) groups is 1. The van der Waals surface area contributed by atoms with Crippen molar-refractivity contribution >= 4 is 21.6 Å². The van der Waals surface area contributed by atoms with Gasteiger partial charge in [-0.2, -0.15) is 0 Å². The molecule has 0 aromatic heterocycles. The molecule has 0 atom stereocenters. The largest absolute Gasteiger partial charge is 0.352 e. The second kappa shape index (κ2) is 6.06. The number of hydrogen-bond donors (Lipinski definition) is 2. The summed E-state index contributed by atoms with van der Waals surface area (Å²) in [5, 5.41) is 2.81. The lowest BCUT2D eigenvalue weighted by molar-refractivity contribution is 0.0948. The normalized spacial score (nSPS) is 11.4. The van der Waals surface area contributed by atoms with Crippen LogP contribution in [-0.2, 0) is 10.0 Å². The van der Waals surface area contributed by atoms with E-state index in [0.29, 0.717) is 29.3 Å². The fraction of sp³-hybridized carbons (Fsp3) is 0.462. The molecule has 1 aromatic rings. The van der Waals surface area contributed by atoms with E-state index in [4.69, 9.17) is 0 Å². The molecule has 0 aliphatic heterocycles. The molecule has 0 spiro atoms. The lowest BCUT2D eigenvalue weighted by Crippen LogP contribution is -2.28. The van der Waals surface area contributed by atoms with Crippen LogP contribution in [0.25, 0.3) is 0 Å². The second-order valence-corrected chi connectivity index (χ2v) is 6.70. The van der Waals surface area contributed by atoms with Crippen molar-refractivity contribution in [1.82, 2.24) is 5.32 Å². The number of carbonyl (C=O) groups excluding carboxylic acids is 1. The third-order valence-electron chi connectivity index (χ3n) is 2.54. The van der Waals surface area contributed by atoms with Gasteiger partial charge >= 0.3 is 0 Å². The number of anilines is 1. The molecule has 5 nitrogen and oxygen atoms in total. The maximum absolute atomic E-state index is 12.0. The molecule has 19 heavy (non-hydrogen) atoms. The molecule has 106 valence electrons. The van der Waals surface area contributed by atoms with Gasteiger partial charge in [-0.05, 0) is 30.5 Å². The molecule has 1 aromatic carbocycles. The first-order valence-corrected chi connectivity index (χ1v) is 7.95. The van der Waals surface area contributed by atoms with Crippen LogP contribution in [0.15, 0.2) is 18.2 Å². The third-order valence-corrected chi connectivity index (χ3v) is 3.14. The monoisotopic (exact) mass is 284 g/mol. The highest BCUT2D eigenvalue weighted by Gasteiger charge is 2.13. The van der Waals surface area contributed by atoms with Crippen LogP contribution in [0.1, 0.15) is 29.8 Å². The van der Waals surface area contributed by atoms with Crippen LogP contribution >= 0.6 is 0 Å². The zero-order chi connectivity index (χ0) is 14.6. The van der Waals surface area contributed by atoms with Crippen LogP contribution in [0.4, 0.5) is 5.69 Å². The van der Waals surface area contributed by atoms with Crippen molar-refractivity contribution in [3.8, 4) is 0 Å². The van der Waals surface area contributed by atoms with E-state index < -0.39 is 10.0 Å². The minimum absolute atomic E-state index is 0.191. The highest BCUT2D eigenvalue weighted by Crippen LogP contribution is 2.19. The van der Waals surface area contributed by atoms with E-state index in [1.165, 1.54) is 0 Å². The molecule has 0 aliphatic carbocycles. The summed E-state index contributed by atoms with van der Waals surface area (Å²) in [6, 6.07) is 4.97. The van der Waals surface area contributed by atoms with Gasteiger partial charge in [-0.15, -0.1) is 0 Å². The van der Waals surface area contributed by atoms with E-state index in [9.17, 15) is 13.2 Å². The summed E-state index contributed by atoms with van der Waals surface area (Å²) in [7, 11) is -3.35. The van der Waals surface area contributed by atoms with E-state index >= 15 is 0 Å². The predicted molar refractivity (Wildman–Crippen MR) is 76.8 cm³/mol. The highest BCUT2D eigenvalue weighted by molar-refractivity contribution is 7.92. The van der Waals surface area contributed by atoms with E-state index in [0.717, 1.165) is 6.26 Å². The molecular formula is C13H20N2O3S. The first-order chi connectivity index (χ1) is 8.70. The maximum Gasteiger partial charge on any atom is 0.251 e. The molecular weight excluding hydrogens is 264 g/mol. The Balaban J connectivity index is 2.97. The second-order valence-electron chi connectivity index (χ2n) is 4.96. The average Bonchev–Trinajstić information content (AvgIpc) is 2.27. The number of amides is 1. The van der Waals surface area contributed by atoms with Crippen LogP contribution < -0.4 is 10.0 Å². The summed E-state index contributed by atoms with van der Waals surface area (Å²) in [6.45, 7) is 6.32. The van der Waals surface area contributed by atoms with E-state index in [1.54, 1.807) is 25.1 Å². The molecule has 0 radical (unpaired) electrons. The molecule has 6 heteroatoms. The van der Waals surface area contributed by atoms with Gasteiger partial charge in [0.15, 0.2) is 0 Å². The summed E-state index contributed by atoms with van der Waals surface area (Å²) in [6.07, 6.45) is 1.08. The zero-order valence-corrected chi connectivity index (χ0v) is 12.5. The van der Waals surface area contributed by atoms with Crippen LogP contribution in [-0.4, -0.2) is 27.1 Å². The van der Waals surface area contributed by atoms with Crippen LogP contribution in [0.3, 0.4) is 0 Å². The molecule has 0 unspecified atom stereocenters.